The van der Waals surface area contributed by atoms with E-state index in [9.17, 15) is 0 Å². The fourth-order valence-electron chi connectivity index (χ4n) is 8.16. The van der Waals surface area contributed by atoms with Crippen LogP contribution in [0.3, 0.4) is 0 Å². The Labute approximate surface area is 285 Å². The number of thioether (sulfide) groups is 1. The zero-order valence-electron chi connectivity index (χ0n) is 26.9. The molecular weight excluding hydrogens is 599 g/mol. The molecule has 1 aliphatic carbocycles. The highest BCUT2D eigenvalue weighted by Gasteiger charge is 2.36. The Morgan fingerprint density at radius 3 is 2.06 bits per heavy atom. The van der Waals surface area contributed by atoms with Crippen molar-refractivity contribution in [2.24, 2.45) is 0 Å². The van der Waals surface area contributed by atoms with Gasteiger partial charge in [-0.3, -0.25) is 0 Å². The Morgan fingerprint density at radius 2 is 1.19 bits per heavy atom. The molecular formula is C46H33NS. The molecule has 1 atom stereocenters. The molecule has 48 heavy (non-hydrogen) atoms. The van der Waals surface area contributed by atoms with Crippen LogP contribution in [0.4, 0.5) is 5.69 Å². The smallest absolute Gasteiger partial charge is 0.103 e. The molecule has 1 nitrogen and oxygen atoms in total. The van der Waals surface area contributed by atoms with Gasteiger partial charge in [-0.2, -0.15) is 0 Å². The fraction of sp³-hybridized carbons (Fsp3) is 0.0870. The third-order valence-electron chi connectivity index (χ3n) is 10.7. The molecule has 0 radical (unpaired) electrons. The number of rotatable bonds is 3. The van der Waals surface area contributed by atoms with Crippen molar-refractivity contribution >= 4 is 49.8 Å². The third-order valence-corrected chi connectivity index (χ3v) is 12.0. The van der Waals surface area contributed by atoms with Crippen molar-refractivity contribution in [1.29, 1.82) is 0 Å². The summed E-state index contributed by atoms with van der Waals surface area (Å²) < 4.78 is 0. The maximum atomic E-state index is 3.78. The molecule has 8 aromatic rings. The van der Waals surface area contributed by atoms with E-state index in [2.05, 4.69) is 171 Å². The first kappa shape index (κ1) is 27.8. The lowest BCUT2D eigenvalue weighted by Crippen LogP contribution is -2.15. The Kier molecular flexibility index (Phi) is 5.98. The average molecular weight is 632 g/mol. The normalized spacial score (nSPS) is 15.8. The summed E-state index contributed by atoms with van der Waals surface area (Å²) in [6.07, 6.45) is 0. The van der Waals surface area contributed by atoms with Gasteiger partial charge in [0.05, 0.1) is 0 Å². The van der Waals surface area contributed by atoms with E-state index in [0.29, 0.717) is 0 Å². The van der Waals surface area contributed by atoms with Gasteiger partial charge in [0.1, 0.15) is 5.37 Å². The van der Waals surface area contributed by atoms with Crippen LogP contribution in [0, 0.1) is 0 Å². The van der Waals surface area contributed by atoms with E-state index in [4.69, 9.17) is 0 Å². The predicted molar refractivity (Wildman–Crippen MR) is 206 cm³/mol. The molecule has 0 spiro atoms. The highest BCUT2D eigenvalue weighted by molar-refractivity contribution is 8.00. The lowest BCUT2D eigenvalue weighted by atomic mass is 9.81. The summed E-state index contributed by atoms with van der Waals surface area (Å²) in [7, 11) is 0. The molecule has 0 bridgehead atoms. The molecule has 0 aromatic heterocycles. The fourth-order valence-corrected chi connectivity index (χ4v) is 9.47. The molecule has 0 fully saturated rings. The van der Waals surface area contributed by atoms with Crippen molar-refractivity contribution in [2.75, 3.05) is 5.32 Å². The number of fused-ring (bicyclic) bond motifs is 10. The number of benzene rings is 8. The van der Waals surface area contributed by atoms with Gasteiger partial charge in [-0.25, -0.2) is 0 Å². The van der Waals surface area contributed by atoms with Crippen LogP contribution in [0.2, 0.25) is 0 Å². The molecule has 2 heteroatoms. The first-order valence-electron chi connectivity index (χ1n) is 16.8. The van der Waals surface area contributed by atoms with Crippen LogP contribution in [0.1, 0.15) is 35.9 Å². The zero-order chi connectivity index (χ0) is 32.0. The van der Waals surface area contributed by atoms with E-state index in [-0.39, 0.29) is 10.8 Å². The standard InChI is InChI=1S/C46H33NS/c1-46(2)39-23-20-28-9-6-7-14-36(28)43(39)37-22-19-35(27-40(37)46)33-13-8-12-32(25-33)34-18-16-29-15-17-30-21-24-41-44(42(30)38(29)26-34)48-45(47-41)31-10-4-3-5-11-31/h3-27,45,47H,1-2H3. The van der Waals surface area contributed by atoms with Crippen LogP contribution in [-0.4, -0.2) is 0 Å². The summed E-state index contributed by atoms with van der Waals surface area (Å²) in [5, 5.41) is 11.8. The van der Waals surface area contributed by atoms with Crippen molar-refractivity contribution in [1.82, 2.24) is 0 Å². The summed E-state index contributed by atoms with van der Waals surface area (Å²) in [5.41, 5.74) is 13.0. The maximum absolute atomic E-state index is 3.78. The topological polar surface area (TPSA) is 12.0 Å². The van der Waals surface area contributed by atoms with Crippen LogP contribution >= 0.6 is 11.8 Å². The number of hydrogen-bond acceptors (Lipinski definition) is 2. The summed E-state index contributed by atoms with van der Waals surface area (Å²) in [6.45, 7) is 4.75. The van der Waals surface area contributed by atoms with Crippen molar-refractivity contribution in [3.8, 4) is 33.4 Å². The van der Waals surface area contributed by atoms with Gasteiger partial charge < -0.3 is 5.32 Å². The van der Waals surface area contributed by atoms with Gasteiger partial charge in [0.25, 0.3) is 0 Å². The summed E-state index contributed by atoms with van der Waals surface area (Å²) in [4.78, 5) is 1.34. The van der Waals surface area contributed by atoms with Crippen molar-refractivity contribution in [3.05, 3.63) is 168 Å². The van der Waals surface area contributed by atoms with E-state index < -0.39 is 0 Å². The molecule has 1 heterocycles. The van der Waals surface area contributed by atoms with Gasteiger partial charge in [0.15, 0.2) is 0 Å². The van der Waals surface area contributed by atoms with E-state index in [1.54, 1.807) is 0 Å². The Morgan fingerprint density at radius 1 is 0.521 bits per heavy atom. The second-order valence-corrected chi connectivity index (χ2v) is 14.9. The molecule has 0 saturated heterocycles. The Bertz CT molecular complexity index is 2600. The quantitative estimate of drug-likeness (QED) is 0.195. The Balaban J connectivity index is 1.06. The molecule has 1 N–H and O–H groups in total. The van der Waals surface area contributed by atoms with E-state index in [0.717, 1.165) is 0 Å². The number of nitrogens with one attached hydrogen (secondary N) is 1. The van der Waals surface area contributed by atoms with E-state index in [1.807, 2.05) is 11.8 Å². The van der Waals surface area contributed by atoms with Gasteiger partial charge in [-0.1, -0.05) is 153 Å². The number of hydrogen-bond donors (Lipinski definition) is 1. The first-order chi connectivity index (χ1) is 23.5. The highest BCUT2D eigenvalue weighted by Crippen LogP contribution is 2.53. The van der Waals surface area contributed by atoms with E-state index in [1.165, 1.54) is 93.0 Å². The van der Waals surface area contributed by atoms with Crippen LogP contribution in [0.25, 0.3) is 65.7 Å². The third kappa shape index (κ3) is 4.12. The largest absolute Gasteiger partial charge is 0.368 e. The van der Waals surface area contributed by atoms with Crippen LogP contribution in [-0.2, 0) is 5.41 Å². The molecule has 0 saturated carbocycles. The average Bonchev–Trinajstić information content (AvgIpc) is 3.68. The van der Waals surface area contributed by atoms with Gasteiger partial charge in [-0.05, 0) is 101 Å². The molecule has 1 unspecified atom stereocenters. The van der Waals surface area contributed by atoms with Crippen LogP contribution < -0.4 is 5.32 Å². The van der Waals surface area contributed by atoms with Gasteiger partial charge in [0, 0.05) is 21.4 Å². The SMILES string of the molecule is CC1(C)c2cc(-c3cccc(-c4ccc5ccc6ccc7c(c6c5c4)SC(c4ccccc4)N7)c3)ccc2-c2c1ccc1ccccc21. The Hall–Kier alpha value is -5.31. The van der Waals surface area contributed by atoms with Gasteiger partial charge in [0.2, 0.25) is 0 Å². The minimum Gasteiger partial charge on any atom is -0.368 e. The molecule has 228 valence electrons. The molecule has 0 amide bonds. The second-order valence-electron chi connectivity index (χ2n) is 13.8. The summed E-state index contributed by atoms with van der Waals surface area (Å²) in [5.74, 6) is 0. The van der Waals surface area contributed by atoms with Gasteiger partial charge >= 0.3 is 0 Å². The lowest BCUT2D eigenvalue weighted by molar-refractivity contribution is 0.661. The predicted octanol–water partition coefficient (Wildman–Crippen LogP) is 13.0. The summed E-state index contributed by atoms with van der Waals surface area (Å²) >= 11 is 1.93. The van der Waals surface area contributed by atoms with E-state index >= 15 is 0 Å². The zero-order valence-corrected chi connectivity index (χ0v) is 27.7. The molecule has 1 aliphatic heterocycles. The van der Waals surface area contributed by atoms with Crippen molar-refractivity contribution < 1.29 is 0 Å². The lowest BCUT2D eigenvalue weighted by Gasteiger charge is -2.22. The maximum Gasteiger partial charge on any atom is 0.103 e. The molecule has 8 aromatic carbocycles. The molecule has 10 rings (SSSR count). The highest BCUT2D eigenvalue weighted by atomic mass is 32.2. The van der Waals surface area contributed by atoms with Crippen LogP contribution in [0.15, 0.2) is 157 Å². The minimum atomic E-state index is -0.0611. The van der Waals surface area contributed by atoms with Crippen LogP contribution in [0.5, 0.6) is 0 Å². The van der Waals surface area contributed by atoms with Crippen molar-refractivity contribution in [3.63, 3.8) is 0 Å². The number of anilines is 1. The van der Waals surface area contributed by atoms with Crippen molar-refractivity contribution in [2.45, 2.75) is 29.5 Å². The first-order valence-corrected chi connectivity index (χ1v) is 17.7. The summed E-state index contributed by atoms with van der Waals surface area (Å²) in [6, 6.07) is 56.4. The minimum absolute atomic E-state index is 0.0611. The molecule has 2 aliphatic rings. The second kappa shape index (κ2) is 10.3. The van der Waals surface area contributed by atoms with Gasteiger partial charge in [-0.15, -0.1) is 0 Å². The monoisotopic (exact) mass is 631 g/mol.